The molecule has 4 nitrogen and oxygen atoms in total. The Morgan fingerprint density at radius 1 is 1.30 bits per heavy atom. The Morgan fingerprint density at radius 2 is 2.22 bits per heavy atom. The van der Waals surface area contributed by atoms with Gasteiger partial charge in [0.1, 0.15) is 12.4 Å². The number of nitrogens with zero attached hydrogens (tertiary/aromatic N) is 2. The van der Waals surface area contributed by atoms with E-state index < -0.39 is 0 Å². The zero-order valence-electron chi connectivity index (χ0n) is 12.8. The molecule has 0 unspecified atom stereocenters. The first-order chi connectivity index (χ1) is 11.2. The zero-order valence-corrected chi connectivity index (χ0v) is 14.4. The van der Waals surface area contributed by atoms with Crippen LogP contribution >= 0.6 is 15.9 Å². The van der Waals surface area contributed by atoms with Crippen LogP contribution in [0.1, 0.15) is 18.4 Å². The van der Waals surface area contributed by atoms with E-state index in [4.69, 9.17) is 4.74 Å². The molecule has 2 heterocycles. The van der Waals surface area contributed by atoms with E-state index >= 15 is 0 Å². The highest BCUT2D eigenvalue weighted by Crippen LogP contribution is 2.22. The van der Waals surface area contributed by atoms with Crippen molar-refractivity contribution in [3.63, 3.8) is 0 Å². The topological polar surface area (TPSA) is 42.4 Å². The number of benzene rings is 1. The smallest absolute Gasteiger partial charge is 0.311 e. The SMILES string of the molecule is O=C(OCc1cccc(Br)c1)[C@H]1CCCN(c2ccccn2)C1. The number of esters is 1. The van der Waals surface area contributed by atoms with Crippen molar-refractivity contribution in [1.82, 2.24) is 4.98 Å². The molecule has 0 amide bonds. The predicted molar refractivity (Wildman–Crippen MR) is 93.1 cm³/mol. The maximum Gasteiger partial charge on any atom is 0.311 e. The zero-order chi connectivity index (χ0) is 16.1. The number of rotatable bonds is 4. The molecule has 2 aromatic rings. The Labute approximate surface area is 144 Å². The maximum absolute atomic E-state index is 12.4. The molecule has 0 bridgehead atoms. The Balaban J connectivity index is 1.57. The van der Waals surface area contributed by atoms with E-state index in [0.29, 0.717) is 13.2 Å². The summed E-state index contributed by atoms with van der Waals surface area (Å²) in [5, 5.41) is 0. The number of carbonyl (C=O) groups excluding carboxylic acids is 1. The molecule has 1 aliphatic heterocycles. The first-order valence-electron chi connectivity index (χ1n) is 7.79. The lowest BCUT2D eigenvalue weighted by atomic mass is 9.98. The van der Waals surface area contributed by atoms with Crippen molar-refractivity contribution < 1.29 is 9.53 Å². The lowest BCUT2D eigenvalue weighted by Crippen LogP contribution is -2.39. The molecule has 23 heavy (non-hydrogen) atoms. The van der Waals surface area contributed by atoms with E-state index in [1.807, 2.05) is 42.5 Å². The standard InChI is InChI=1S/C18H19BrN2O2/c19-16-7-3-5-14(11-16)13-23-18(22)15-6-4-10-21(12-15)17-8-1-2-9-20-17/h1-3,5,7-9,11,15H,4,6,10,12-13H2/t15-/m0/s1. The maximum atomic E-state index is 12.4. The number of hydrogen-bond acceptors (Lipinski definition) is 4. The van der Waals surface area contributed by atoms with Gasteiger partial charge in [0.2, 0.25) is 0 Å². The van der Waals surface area contributed by atoms with E-state index in [0.717, 1.165) is 35.2 Å². The molecule has 3 rings (SSSR count). The van der Waals surface area contributed by atoms with Gasteiger partial charge in [-0.25, -0.2) is 4.98 Å². The van der Waals surface area contributed by atoms with Gasteiger partial charge < -0.3 is 9.64 Å². The van der Waals surface area contributed by atoms with Crippen molar-refractivity contribution in [2.45, 2.75) is 19.4 Å². The van der Waals surface area contributed by atoms with Crippen LogP contribution in [0, 0.1) is 5.92 Å². The molecule has 0 radical (unpaired) electrons. The van der Waals surface area contributed by atoms with Crippen LogP contribution in [0.5, 0.6) is 0 Å². The highest BCUT2D eigenvalue weighted by atomic mass is 79.9. The van der Waals surface area contributed by atoms with Gasteiger partial charge in [-0.1, -0.05) is 34.1 Å². The number of pyridine rings is 1. The summed E-state index contributed by atoms with van der Waals surface area (Å²) in [7, 11) is 0. The summed E-state index contributed by atoms with van der Waals surface area (Å²) in [6.45, 7) is 1.93. The summed E-state index contributed by atoms with van der Waals surface area (Å²) < 4.78 is 6.49. The number of anilines is 1. The second-order valence-corrected chi connectivity index (χ2v) is 6.63. The fraction of sp³-hybridized carbons (Fsp3) is 0.333. The van der Waals surface area contributed by atoms with E-state index in [9.17, 15) is 4.79 Å². The number of ether oxygens (including phenoxy) is 1. The van der Waals surface area contributed by atoms with Gasteiger partial charge in [-0.2, -0.15) is 0 Å². The van der Waals surface area contributed by atoms with Gasteiger partial charge in [-0.05, 0) is 42.7 Å². The van der Waals surface area contributed by atoms with E-state index in [1.165, 1.54) is 0 Å². The third-order valence-electron chi connectivity index (χ3n) is 4.00. The van der Waals surface area contributed by atoms with Crippen molar-refractivity contribution in [2.24, 2.45) is 5.92 Å². The quantitative estimate of drug-likeness (QED) is 0.763. The van der Waals surface area contributed by atoms with Crippen molar-refractivity contribution >= 4 is 27.7 Å². The van der Waals surface area contributed by atoms with Crippen LogP contribution in [0.3, 0.4) is 0 Å². The minimum Gasteiger partial charge on any atom is -0.461 e. The summed E-state index contributed by atoms with van der Waals surface area (Å²) in [6, 6.07) is 13.7. The molecular formula is C18H19BrN2O2. The van der Waals surface area contributed by atoms with Crippen LogP contribution in [0.4, 0.5) is 5.82 Å². The monoisotopic (exact) mass is 374 g/mol. The molecule has 1 aliphatic rings. The predicted octanol–water partition coefficient (Wildman–Crippen LogP) is 3.80. The largest absolute Gasteiger partial charge is 0.461 e. The molecule has 1 fully saturated rings. The molecule has 1 aromatic carbocycles. The molecule has 0 spiro atoms. The van der Waals surface area contributed by atoms with Crippen LogP contribution in [-0.2, 0) is 16.1 Å². The molecule has 1 saturated heterocycles. The first kappa shape index (κ1) is 16.0. The van der Waals surface area contributed by atoms with Crippen LogP contribution in [-0.4, -0.2) is 24.0 Å². The van der Waals surface area contributed by atoms with Crippen molar-refractivity contribution in [3.05, 3.63) is 58.7 Å². The molecule has 0 saturated carbocycles. The van der Waals surface area contributed by atoms with Gasteiger partial charge in [0.15, 0.2) is 0 Å². The van der Waals surface area contributed by atoms with Crippen LogP contribution in [0.15, 0.2) is 53.1 Å². The van der Waals surface area contributed by atoms with Gasteiger partial charge in [-0.15, -0.1) is 0 Å². The lowest BCUT2D eigenvalue weighted by Gasteiger charge is -2.32. The summed E-state index contributed by atoms with van der Waals surface area (Å²) >= 11 is 3.43. The summed E-state index contributed by atoms with van der Waals surface area (Å²) in [4.78, 5) is 18.9. The minimum absolute atomic E-state index is 0.0853. The average Bonchev–Trinajstić information content (AvgIpc) is 2.61. The second kappa shape index (κ2) is 7.59. The van der Waals surface area contributed by atoms with Crippen molar-refractivity contribution in [1.29, 1.82) is 0 Å². The Bertz CT molecular complexity index is 663. The summed E-state index contributed by atoms with van der Waals surface area (Å²) in [6.07, 6.45) is 3.64. The van der Waals surface area contributed by atoms with Gasteiger partial charge in [-0.3, -0.25) is 4.79 Å². The van der Waals surface area contributed by atoms with Gasteiger partial charge >= 0.3 is 5.97 Å². The second-order valence-electron chi connectivity index (χ2n) is 5.71. The number of aromatic nitrogens is 1. The summed E-state index contributed by atoms with van der Waals surface area (Å²) in [5.41, 5.74) is 0.991. The Morgan fingerprint density at radius 3 is 3.00 bits per heavy atom. The van der Waals surface area contributed by atoms with E-state index in [1.54, 1.807) is 6.20 Å². The molecule has 5 heteroatoms. The summed E-state index contributed by atoms with van der Waals surface area (Å²) in [5.74, 6) is 0.723. The van der Waals surface area contributed by atoms with Gasteiger partial charge in [0, 0.05) is 23.8 Å². The van der Waals surface area contributed by atoms with Crippen LogP contribution in [0.25, 0.3) is 0 Å². The number of hydrogen-bond donors (Lipinski definition) is 0. The third-order valence-corrected chi connectivity index (χ3v) is 4.49. The van der Waals surface area contributed by atoms with E-state index in [-0.39, 0.29) is 11.9 Å². The highest BCUT2D eigenvalue weighted by Gasteiger charge is 2.27. The third kappa shape index (κ3) is 4.32. The van der Waals surface area contributed by atoms with Crippen molar-refractivity contribution in [3.8, 4) is 0 Å². The van der Waals surface area contributed by atoms with Gasteiger partial charge in [0.05, 0.1) is 5.92 Å². The molecule has 0 aliphatic carbocycles. The van der Waals surface area contributed by atoms with Crippen molar-refractivity contribution in [2.75, 3.05) is 18.0 Å². The molecule has 1 atom stereocenters. The molecular weight excluding hydrogens is 356 g/mol. The normalized spacial score (nSPS) is 17.8. The molecule has 120 valence electrons. The number of carbonyl (C=O) groups is 1. The van der Waals surface area contributed by atoms with Crippen LogP contribution in [0.2, 0.25) is 0 Å². The fourth-order valence-electron chi connectivity index (χ4n) is 2.82. The highest BCUT2D eigenvalue weighted by molar-refractivity contribution is 9.10. The Hall–Kier alpha value is -1.88. The van der Waals surface area contributed by atoms with Gasteiger partial charge in [0.25, 0.3) is 0 Å². The first-order valence-corrected chi connectivity index (χ1v) is 8.59. The fourth-order valence-corrected chi connectivity index (χ4v) is 3.26. The number of piperidine rings is 1. The minimum atomic E-state index is -0.120. The van der Waals surface area contributed by atoms with Crippen LogP contribution < -0.4 is 4.90 Å². The van der Waals surface area contributed by atoms with E-state index in [2.05, 4.69) is 25.8 Å². The Kier molecular flexibility index (Phi) is 5.28. The lowest BCUT2D eigenvalue weighted by molar-refractivity contribution is -0.150. The molecule has 1 aromatic heterocycles. The number of halogens is 1. The molecule has 0 N–H and O–H groups in total. The average molecular weight is 375 g/mol.